The van der Waals surface area contributed by atoms with E-state index in [1.807, 2.05) is 0 Å². The standard InChI is InChI=1S/C18H24Cl2FN3O.ClH/c19-16-13(5-6-14(21)17(16)20)11-24-8-2-3-12(10-24)9-23-18(25)15-4-1-7-22-15;/h5-6,12,15,22H,1-4,7-11H2,(H,23,25);1H. The molecule has 26 heavy (non-hydrogen) atoms. The molecule has 1 amide bonds. The summed E-state index contributed by atoms with van der Waals surface area (Å²) in [5, 5.41) is 6.59. The van der Waals surface area contributed by atoms with Crippen LogP contribution in [0.25, 0.3) is 0 Å². The third kappa shape index (κ3) is 5.46. The van der Waals surface area contributed by atoms with Gasteiger partial charge in [0.25, 0.3) is 0 Å². The fourth-order valence-electron chi connectivity index (χ4n) is 3.67. The summed E-state index contributed by atoms with van der Waals surface area (Å²) >= 11 is 12.1. The monoisotopic (exact) mass is 423 g/mol. The molecule has 2 atom stereocenters. The molecule has 4 nitrogen and oxygen atoms in total. The Labute approximate surface area is 170 Å². The first-order valence-corrected chi connectivity index (χ1v) is 9.66. The first-order valence-electron chi connectivity index (χ1n) is 8.90. The predicted molar refractivity (Wildman–Crippen MR) is 106 cm³/mol. The van der Waals surface area contributed by atoms with Gasteiger partial charge in [-0.05, 0) is 56.3 Å². The fraction of sp³-hybridized carbons (Fsp3) is 0.611. The van der Waals surface area contributed by atoms with Gasteiger partial charge in [0.15, 0.2) is 0 Å². The van der Waals surface area contributed by atoms with E-state index in [9.17, 15) is 9.18 Å². The van der Waals surface area contributed by atoms with Gasteiger partial charge in [0, 0.05) is 19.6 Å². The highest BCUT2D eigenvalue weighted by Gasteiger charge is 2.25. The summed E-state index contributed by atoms with van der Waals surface area (Å²) in [6.45, 7) is 4.14. The molecule has 0 saturated carbocycles. The summed E-state index contributed by atoms with van der Waals surface area (Å²) in [6, 6.07) is 3.03. The average molecular weight is 425 g/mol. The van der Waals surface area contributed by atoms with Crippen molar-refractivity contribution in [2.75, 3.05) is 26.2 Å². The molecule has 2 aliphatic rings. The maximum absolute atomic E-state index is 13.4. The highest BCUT2D eigenvalue weighted by atomic mass is 35.5. The van der Waals surface area contributed by atoms with Gasteiger partial charge in [-0.2, -0.15) is 0 Å². The van der Waals surface area contributed by atoms with E-state index >= 15 is 0 Å². The normalized spacial score (nSPS) is 23.5. The second-order valence-corrected chi connectivity index (χ2v) is 7.73. The number of carbonyl (C=O) groups is 1. The molecule has 1 aromatic rings. The van der Waals surface area contributed by atoms with Crippen LogP contribution in [0.2, 0.25) is 10.0 Å². The highest BCUT2D eigenvalue weighted by Crippen LogP contribution is 2.30. The van der Waals surface area contributed by atoms with Crippen LogP contribution < -0.4 is 10.6 Å². The summed E-state index contributed by atoms with van der Waals surface area (Å²) < 4.78 is 13.4. The highest BCUT2D eigenvalue weighted by molar-refractivity contribution is 6.42. The van der Waals surface area contributed by atoms with Gasteiger partial charge in [-0.1, -0.05) is 29.3 Å². The molecule has 3 rings (SSSR count). The zero-order valence-electron chi connectivity index (χ0n) is 14.6. The van der Waals surface area contributed by atoms with E-state index in [2.05, 4.69) is 15.5 Å². The van der Waals surface area contributed by atoms with Crippen LogP contribution in [0.1, 0.15) is 31.2 Å². The lowest BCUT2D eigenvalue weighted by Gasteiger charge is -2.33. The molecule has 146 valence electrons. The minimum atomic E-state index is -0.491. The van der Waals surface area contributed by atoms with Crippen LogP contribution in [-0.4, -0.2) is 43.0 Å². The zero-order chi connectivity index (χ0) is 17.8. The van der Waals surface area contributed by atoms with Crippen molar-refractivity contribution in [1.29, 1.82) is 0 Å². The number of carbonyl (C=O) groups excluding carboxylic acids is 1. The lowest BCUT2D eigenvalue weighted by Crippen LogP contribution is -2.45. The second-order valence-electron chi connectivity index (χ2n) is 6.97. The molecule has 2 N–H and O–H groups in total. The molecule has 2 aliphatic heterocycles. The van der Waals surface area contributed by atoms with Crippen LogP contribution in [-0.2, 0) is 11.3 Å². The lowest BCUT2D eigenvalue weighted by molar-refractivity contribution is -0.123. The molecular weight excluding hydrogens is 400 g/mol. The Bertz CT molecular complexity index is 626. The number of hydrogen-bond acceptors (Lipinski definition) is 3. The maximum atomic E-state index is 13.4. The molecular formula is C18H25Cl3FN3O. The van der Waals surface area contributed by atoms with E-state index < -0.39 is 5.82 Å². The Hall–Kier alpha value is -0.590. The van der Waals surface area contributed by atoms with Crippen molar-refractivity contribution in [3.8, 4) is 0 Å². The van der Waals surface area contributed by atoms with E-state index in [0.29, 0.717) is 24.0 Å². The van der Waals surface area contributed by atoms with Crippen molar-refractivity contribution in [3.63, 3.8) is 0 Å². The minimum Gasteiger partial charge on any atom is -0.354 e. The van der Waals surface area contributed by atoms with Crippen LogP contribution in [0, 0.1) is 11.7 Å². The molecule has 0 radical (unpaired) electrons. The number of piperidine rings is 1. The maximum Gasteiger partial charge on any atom is 0.237 e. The van der Waals surface area contributed by atoms with Crippen molar-refractivity contribution in [2.24, 2.45) is 5.92 Å². The van der Waals surface area contributed by atoms with Gasteiger partial charge in [-0.25, -0.2) is 4.39 Å². The van der Waals surface area contributed by atoms with E-state index in [1.54, 1.807) is 6.07 Å². The van der Waals surface area contributed by atoms with Gasteiger partial charge in [-0.15, -0.1) is 12.4 Å². The van der Waals surface area contributed by atoms with Gasteiger partial charge in [0.2, 0.25) is 5.91 Å². The number of nitrogens with zero attached hydrogens (tertiary/aromatic N) is 1. The number of benzene rings is 1. The molecule has 0 spiro atoms. The van der Waals surface area contributed by atoms with Crippen molar-refractivity contribution in [1.82, 2.24) is 15.5 Å². The Morgan fingerprint density at radius 3 is 2.81 bits per heavy atom. The summed E-state index contributed by atoms with van der Waals surface area (Å²) in [6.07, 6.45) is 4.17. The SMILES string of the molecule is Cl.O=C(NCC1CCCN(Cc2ccc(F)c(Cl)c2Cl)C1)C1CCCN1. The predicted octanol–water partition coefficient (Wildman–Crippen LogP) is 3.63. The molecule has 2 unspecified atom stereocenters. The third-order valence-corrected chi connectivity index (χ3v) is 5.95. The average Bonchev–Trinajstić information content (AvgIpc) is 3.15. The molecule has 0 bridgehead atoms. The minimum absolute atomic E-state index is 0. The van der Waals surface area contributed by atoms with E-state index in [-0.39, 0.29) is 29.4 Å². The number of nitrogens with one attached hydrogen (secondary N) is 2. The quantitative estimate of drug-likeness (QED) is 0.709. The van der Waals surface area contributed by atoms with Crippen molar-refractivity contribution in [2.45, 2.75) is 38.3 Å². The van der Waals surface area contributed by atoms with Gasteiger partial charge >= 0.3 is 0 Å². The molecule has 8 heteroatoms. The Kier molecular flexibility index (Phi) is 8.42. The van der Waals surface area contributed by atoms with Gasteiger partial charge in [0.1, 0.15) is 5.82 Å². The van der Waals surface area contributed by atoms with Gasteiger partial charge in [0.05, 0.1) is 16.1 Å². The van der Waals surface area contributed by atoms with Gasteiger partial charge < -0.3 is 10.6 Å². The number of rotatable bonds is 5. The Balaban J connectivity index is 0.00000243. The van der Waals surface area contributed by atoms with Crippen molar-refractivity contribution < 1.29 is 9.18 Å². The number of halogens is 4. The van der Waals surface area contributed by atoms with Crippen LogP contribution in [0.5, 0.6) is 0 Å². The van der Waals surface area contributed by atoms with Crippen LogP contribution in [0.3, 0.4) is 0 Å². The van der Waals surface area contributed by atoms with E-state index in [0.717, 1.165) is 50.9 Å². The molecule has 2 heterocycles. The Morgan fingerprint density at radius 1 is 1.27 bits per heavy atom. The number of hydrogen-bond donors (Lipinski definition) is 2. The molecule has 0 aliphatic carbocycles. The lowest BCUT2D eigenvalue weighted by atomic mass is 9.97. The van der Waals surface area contributed by atoms with Crippen LogP contribution >= 0.6 is 35.6 Å². The van der Waals surface area contributed by atoms with E-state index in [1.165, 1.54) is 6.07 Å². The summed E-state index contributed by atoms with van der Waals surface area (Å²) in [4.78, 5) is 14.4. The van der Waals surface area contributed by atoms with E-state index in [4.69, 9.17) is 23.2 Å². The van der Waals surface area contributed by atoms with Crippen molar-refractivity contribution >= 4 is 41.5 Å². The summed E-state index contributed by atoms with van der Waals surface area (Å²) in [7, 11) is 0. The second kappa shape index (κ2) is 10.1. The number of likely N-dealkylation sites (tertiary alicyclic amines) is 1. The topological polar surface area (TPSA) is 44.4 Å². The zero-order valence-corrected chi connectivity index (χ0v) is 16.9. The van der Waals surface area contributed by atoms with Crippen LogP contribution in [0.15, 0.2) is 12.1 Å². The van der Waals surface area contributed by atoms with Crippen LogP contribution in [0.4, 0.5) is 4.39 Å². The smallest absolute Gasteiger partial charge is 0.237 e. The first kappa shape index (κ1) is 21.7. The first-order chi connectivity index (χ1) is 12.0. The largest absolute Gasteiger partial charge is 0.354 e. The molecule has 2 fully saturated rings. The van der Waals surface area contributed by atoms with Crippen molar-refractivity contribution in [3.05, 3.63) is 33.6 Å². The molecule has 0 aromatic heterocycles. The van der Waals surface area contributed by atoms with Gasteiger partial charge in [-0.3, -0.25) is 9.69 Å². The fourth-order valence-corrected chi connectivity index (χ4v) is 4.06. The molecule has 1 aromatic carbocycles. The molecule has 2 saturated heterocycles. The summed E-state index contributed by atoms with van der Waals surface area (Å²) in [5.41, 5.74) is 0.841. The number of amides is 1. The summed E-state index contributed by atoms with van der Waals surface area (Å²) in [5.74, 6) is 0.0481. The third-order valence-electron chi connectivity index (χ3n) is 5.05. The Morgan fingerprint density at radius 2 is 2.08 bits per heavy atom.